The van der Waals surface area contributed by atoms with Crippen LogP contribution in [-0.4, -0.2) is 15.0 Å². The van der Waals surface area contributed by atoms with E-state index in [1.807, 2.05) is 32.0 Å². The monoisotopic (exact) mass is 185 g/mol. The number of nitrogens with zero attached hydrogens (tertiary/aromatic N) is 3. The second kappa shape index (κ2) is 3.54. The van der Waals surface area contributed by atoms with Crippen LogP contribution >= 0.6 is 0 Å². The van der Waals surface area contributed by atoms with Crippen LogP contribution < -0.4 is 0 Å². The van der Waals surface area contributed by atoms with Crippen molar-refractivity contribution in [2.45, 2.75) is 13.8 Å². The highest BCUT2D eigenvalue weighted by Crippen LogP contribution is 2.13. The average Bonchev–Trinajstić information content (AvgIpc) is 2.18. The van der Waals surface area contributed by atoms with Crippen molar-refractivity contribution in [2.24, 2.45) is 0 Å². The van der Waals surface area contributed by atoms with E-state index in [1.165, 1.54) is 0 Å². The Morgan fingerprint density at radius 3 is 2.07 bits per heavy atom. The van der Waals surface area contributed by atoms with Gasteiger partial charge in [-0.3, -0.25) is 4.98 Å². The van der Waals surface area contributed by atoms with Gasteiger partial charge in [-0.25, -0.2) is 9.97 Å². The highest BCUT2D eigenvalue weighted by Gasteiger charge is 2.01. The first-order chi connectivity index (χ1) is 6.75. The zero-order valence-corrected chi connectivity index (χ0v) is 8.23. The van der Waals surface area contributed by atoms with Gasteiger partial charge in [0.1, 0.15) is 0 Å². The van der Waals surface area contributed by atoms with E-state index in [4.69, 9.17) is 0 Å². The number of pyridine rings is 1. The molecule has 0 saturated carbocycles. The molecule has 70 valence electrons. The Morgan fingerprint density at radius 2 is 1.50 bits per heavy atom. The van der Waals surface area contributed by atoms with Crippen molar-refractivity contribution in [1.29, 1.82) is 0 Å². The molecule has 0 aliphatic heterocycles. The molecule has 2 heterocycles. The molecule has 0 radical (unpaired) electrons. The van der Waals surface area contributed by atoms with Gasteiger partial charge in [-0.2, -0.15) is 0 Å². The van der Waals surface area contributed by atoms with Gasteiger partial charge < -0.3 is 0 Å². The molecule has 2 aromatic rings. The lowest BCUT2D eigenvalue weighted by Crippen LogP contribution is -1.94. The fourth-order valence-corrected chi connectivity index (χ4v) is 1.36. The van der Waals surface area contributed by atoms with Crippen molar-refractivity contribution in [1.82, 2.24) is 15.0 Å². The smallest absolute Gasteiger partial charge is 0.159 e. The number of aryl methyl sites for hydroxylation is 2. The Hall–Kier alpha value is -1.77. The largest absolute Gasteiger partial charge is 0.265 e. The minimum absolute atomic E-state index is 0.768. The van der Waals surface area contributed by atoms with Crippen molar-refractivity contribution in [3.05, 3.63) is 42.0 Å². The lowest BCUT2D eigenvalue weighted by atomic mass is 10.2. The van der Waals surface area contributed by atoms with Gasteiger partial charge in [-0.05, 0) is 32.0 Å². The number of rotatable bonds is 1. The molecule has 3 heteroatoms. The molecule has 2 rings (SSSR count). The highest BCUT2D eigenvalue weighted by molar-refractivity contribution is 5.53. The Labute approximate surface area is 82.9 Å². The maximum atomic E-state index is 4.37. The summed E-state index contributed by atoms with van der Waals surface area (Å²) in [4.78, 5) is 12.7. The minimum Gasteiger partial charge on any atom is -0.265 e. The standard InChI is InChI=1S/C11H11N3/c1-8-7-9(2)14-11(13-8)10-3-5-12-6-4-10/h3-7H,1-2H3. The number of hydrogen-bond acceptors (Lipinski definition) is 3. The SMILES string of the molecule is Cc1cc(C)nc(-c2ccncc2)n1. The Balaban J connectivity index is 2.52. The summed E-state index contributed by atoms with van der Waals surface area (Å²) >= 11 is 0. The van der Waals surface area contributed by atoms with Gasteiger partial charge in [-0.1, -0.05) is 0 Å². The van der Waals surface area contributed by atoms with Crippen LogP contribution in [0.15, 0.2) is 30.6 Å². The second-order valence-electron chi connectivity index (χ2n) is 3.21. The van der Waals surface area contributed by atoms with Gasteiger partial charge in [0.05, 0.1) is 0 Å². The normalized spacial score (nSPS) is 10.1. The van der Waals surface area contributed by atoms with E-state index in [-0.39, 0.29) is 0 Å². The molecule has 14 heavy (non-hydrogen) atoms. The molecule has 0 amide bonds. The molecule has 0 bridgehead atoms. The van der Waals surface area contributed by atoms with Crippen LogP contribution in [0.5, 0.6) is 0 Å². The third-order valence-corrected chi connectivity index (χ3v) is 1.92. The van der Waals surface area contributed by atoms with E-state index in [2.05, 4.69) is 15.0 Å². The molecule has 0 unspecified atom stereocenters. The lowest BCUT2D eigenvalue weighted by Gasteiger charge is -2.02. The van der Waals surface area contributed by atoms with Gasteiger partial charge in [0.15, 0.2) is 5.82 Å². The predicted molar refractivity (Wildman–Crippen MR) is 54.7 cm³/mol. The Morgan fingerprint density at radius 1 is 0.929 bits per heavy atom. The molecule has 0 spiro atoms. The topological polar surface area (TPSA) is 38.7 Å². The fourth-order valence-electron chi connectivity index (χ4n) is 1.36. The Kier molecular flexibility index (Phi) is 2.23. The van der Waals surface area contributed by atoms with Crippen molar-refractivity contribution in [2.75, 3.05) is 0 Å². The van der Waals surface area contributed by atoms with E-state index in [0.717, 1.165) is 22.8 Å². The van der Waals surface area contributed by atoms with E-state index in [0.29, 0.717) is 0 Å². The van der Waals surface area contributed by atoms with Crippen LogP contribution in [0.3, 0.4) is 0 Å². The van der Waals surface area contributed by atoms with Crippen LogP contribution in [0.25, 0.3) is 11.4 Å². The number of aromatic nitrogens is 3. The van der Waals surface area contributed by atoms with Crippen LogP contribution in [0.1, 0.15) is 11.4 Å². The van der Waals surface area contributed by atoms with Crippen LogP contribution in [0.2, 0.25) is 0 Å². The maximum absolute atomic E-state index is 4.37. The first-order valence-electron chi connectivity index (χ1n) is 4.48. The second-order valence-corrected chi connectivity index (χ2v) is 3.21. The maximum Gasteiger partial charge on any atom is 0.159 e. The molecule has 2 aromatic heterocycles. The predicted octanol–water partition coefficient (Wildman–Crippen LogP) is 2.16. The van der Waals surface area contributed by atoms with E-state index >= 15 is 0 Å². The molecule has 0 atom stereocenters. The summed E-state index contributed by atoms with van der Waals surface area (Å²) < 4.78 is 0. The van der Waals surface area contributed by atoms with Gasteiger partial charge >= 0.3 is 0 Å². The summed E-state index contributed by atoms with van der Waals surface area (Å²) in [6.07, 6.45) is 3.49. The summed E-state index contributed by atoms with van der Waals surface area (Å²) in [5.41, 5.74) is 2.99. The van der Waals surface area contributed by atoms with Gasteiger partial charge in [-0.15, -0.1) is 0 Å². The fraction of sp³-hybridized carbons (Fsp3) is 0.182. The molecule has 0 aliphatic rings. The van der Waals surface area contributed by atoms with Crippen molar-refractivity contribution >= 4 is 0 Å². The zero-order valence-electron chi connectivity index (χ0n) is 8.23. The molecule has 0 fully saturated rings. The molecule has 0 N–H and O–H groups in total. The zero-order chi connectivity index (χ0) is 9.97. The van der Waals surface area contributed by atoms with Gasteiger partial charge in [0.25, 0.3) is 0 Å². The van der Waals surface area contributed by atoms with Crippen molar-refractivity contribution < 1.29 is 0 Å². The summed E-state index contributed by atoms with van der Waals surface area (Å²) in [6.45, 7) is 3.94. The van der Waals surface area contributed by atoms with Gasteiger partial charge in [0, 0.05) is 29.3 Å². The van der Waals surface area contributed by atoms with Crippen LogP contribution in [-0.2, 0) is 0 Å². The molecule has 3 nitrogen and oxygen atoms in total. The molecule has 0 aliphatic carbocycles. The summed E-state index contributed by atoms with van der Waals surface area (Å²) in [5.74, 6) is 0.768. The van der Waals surface area contributed by atoms with Crippen LogP contribution in [0.4, 0.5) is 0 Å². The minimum atomic E-state index is 0.768. The first-order valence-corrected chi connectivity index (χ1v) is 4.48. The van der Waals surface area contributed by atoms with Crippen molar-refractivity contribution in [3.8, 4) is 11.4 Å². The summed E-state index contributed by atoms with van der Waals surface area (Å²) in [5, 5.41) is 0. The summed E-state index contributed by atoms with van der Waals surface area (Å²) in [7, 11) is 0. The molecule has 0 aromatic carbocycles. The first kappa shape index (κ1) is 8.81. The Bertz CT molecular complexity index is 417. The third-order valence-electron chi connectivity index (χ3n) is 1.92. The molecular weight excluding hydrogens is 174 g/mol. The van der Waals surface area contributed by atoms with E-state index in [9.17, 15) is 0 Å². The van der Waals surface area contributed by atoms with E-state index < -0.39 is 0 Å². The third kappa shape index (κ3) is 1.76. The van der Waals surface area contributed by atoms with Crippen molar-refractivity contribution in [3.63, 3.8) is 0 Å². The number of hydrogen-bond donors (Lipinski definition) is 0. The van der Waals surface area contributed by atoms with Gasteiger partial charge in [0.2, 0.25) is 0 Å². The molecule has 0 saturated heterocycles. The lowest BCUT2D eigenvalue weighted by molar-refractivity contribution is 1.06. The van der Waals surface area contributed by atoms with Crippen LogP contribution in [0, 0.1) is 13.8 Å². The average molecular weight is 185 g/mol. The summed E-state index contributed by atoms with van der Waals surface area (Å²) in [6, 6.07) is 5.78. The highest BCUT2D eigenvalue weighted by atomic mass is 14.9. The van der Waals surface area contributed by atoms with E-state index in [1.54, 1.807) is 12.4 Å². The quantitative estimate of drug-likeness (QED) is 0.683. The molecular formula is C11H11N3.